The molecular weight excluding hydrogens is 366 g/mol. The van der Waals surface area contributed by atoms with Gasteiger partial charge in [0.2, 0.25) is 5.91 Å². The van der Waals surface area contributed by atoms with Crippen LogP contribution in [0.4, 0.5) is 0 Å². The second kappa shape index (κ2) is 8.22. The van der Waals surface area contributed by atoms with Gasteiger partial charge < -0.3 is 14.6 Å². The number of esters is 1. The van der Waals surface area contributed by atoms with Gasteiger partial charge in [-0.05, 0) is 36.8 Å². The molecule has 3 aromatic rings. The van der Waals surface area contributed by atoms with Crippen LogP contribution in [0.15, 0.2) is 48.5 Å². The molecule has 1 atom stereocenters. The maximum Gasteiger partial charge on any atom is 0.325 e. The van der Waals surface area contributed by atoms with E-state index in [0.717, 1.165) is 16.6 Å². The molecule has 1 aromatic heterocycles. The van der Waals surface area contributed by atoms with Crippen molar-refractivity contribution in [1.29, 1.82) is 0 Å². The zero-order valence-corrected chi connectivity index (χ0v) is 15.9. The first kappa shape index (κ1) is 18.9. The molecular formula is C20H20ClN3O3. The van der Waals surface area contributed by atoms with E-state index in [1.54, 1.807) is 16.7 Å². The van der Waals surface area contributed by atoms with E-state index >= 15 is 0 Å². The van der Waals surface area contributed by atoms with Crippen LogP contribution < -0.4 is 5.32 Å². The van der Waals surface area contributed by atoms with E-state index < -0.39 is 0 Å². The molecule has 7 heteroatoms. The van der Waals surface area contributed by atoms with Crippen LogP contribution in [0.25, 0.3) is 11.0 Å². The zero-order valence-electron chi connectivity index (χ0n) is 15.1. The van der Waals surface area contributed by atoms with E-state index in [1.807, 2.05) is 43.3 Å². The van der Waals surface area contributed by atoms with E-state index in [2.05, 4.69) is 10.3 Å². The first-order chi connectivity index (χ1) is 13.0. The van der Waals surface area contributed by atoms with Gasteiger partial charge in [-0.3, -0.25) is 9.59 Å². The largest absolute Gasteiger partial charge is 0.468 e. The molecule has 0 fully saturated rings. The highest BCUT2D eigenvalue weighted by atomic mass is 35.5. The number of ether oxygens (including phenoxy) is 1. The van der Waals surface area contributed by atoms with E-state index in [9.17, 15) is 9.59 Å². The molecule has 3 rings (SSSR count). The summed E-state index contributed by atoms with van der Waals surface area (Å²) < 4.78 is 6.56. The molecule has 2 aromatic carbocycles. The summed E-state index contributed by atoms with van der Waals surface area (Å²) in [4.78, 5) is 28.8. The fourth-order valence-corrected chi connectivity index (χ4v) is 3.06. The lowest BCUT2D eigenvalue weighted by atomic mass is 10.1. The van der Waals surface area contributed by atoms with Gasteiger partial charge in [0.15, 0.2) is 0 Å². The number of aromatic nitrogens is 2. The normalized spacial score (nSPS) is 12.0. The summed E-state index contributed by atoms with van der Waals surface area (Å²) in [5, 5.41) is 3.57. The molecule has 1 unspecified atom stereocenters. The number of amides is 1. The van der Waals surface area contributed by atoms with Crippen molar-refractivity contribution in [3.63, 3.8) is 0 Å². The molecule has 0 aliphatic rings. The predicted octanol–water partition coefficient (Wildman–Crippen LogP) is 3.28. The number of methoxy groups -OCH3 is 1. The molecule has 1 amide bonds. The number of para-hydroxylation sites is 2. The smallest absolute Gasteiger partial charge is 0.325 e. The number of nitrogens with one attached hydrogen (secondary N) is 1. The number of hydrogen-bond donors (Lipinski definition) is 1. The Kier molecular flexibility index (Phi) is 5.76. The number of fused-ring (bicyclic) bond motifs is 1. The number of nitrogens with zero attached hydrogens (tertiary/aromatic N) is 2. The van der Waals surface area contributed by atoms with Crippen LogP contribution in [0.1, 0.15) is 24.4 Å². The van der Waals surface area contributed by atoms with Crippen LogP contribution in [0, 0.1) is 0 Å². The number of carbonyl (C=O) groups is 2. The summed E-state index contributed by atoms with van der Waals surface area (Å²) in [6.07, 6.45) is 0.235. The second-order valence-electron chi connectivity index (χ2n) is 6.21. The van der Waals surface area contributed by atoms with Gasteiger partial charge in [0.25, 0.3) is 0 Å². The highest BCUT2D eigenvalue weighted by Crippen LogP contribution is 2.21. The van der Waals surface area contributed by atoms with E-state index in [0.29, 0.717) is 10.8 Å². The first-order valence-corrected chi connectivity index (χ1v) is 8.91. The Morgan fingerprint density at radius 3 is 2.59 bits per heavy atom. The molecule has 0 radical (unpaired) electrons. The lowest BCUT2D eigenvalue weighted by Crippen LogP contribution is -2.30. The Balaban J connectivity index is 1.80. The van der Waals surface area contributed by atoms with Gasteiger partial charge in [-0.2, -0.15) is 0 Å². The van der Waals surface area contributed by atoms with Gasteiger partial charge in [0, 0.05) is 5.02 Å². The number of imidazole rings is 1. The molecule has 1 heterocycles. The van der Waals surface area contributed by atoms with Gasteiger partial charge in [-0.25, -0.2) is 4.98 Å². The van der Waals surface area contributed by atoms with Crippen molar-refractivity contribution in [2.24, 2.45) is 0 Å². The monoisotopic (exact) mass is 385 g/mol. The van der Waals surface area contributed by atoms with Gasteiger partial charge in [-0.15, -0.1) is 0 Å². The Labute approximate surface area is 162 Å². The van der Waals surface area contributed by atoms with Crippen LogP contribution in [-0.4, -0.2) is 28.5 Å². The minimum absolute atomic E-state index is 0.0315. The van der Waals surface area contributed by atoms with Gasteiger partial charge in [0.05, 0.1) is 30.6 Å². The van der Waals surface area contributed by atoms with Crippen molar-refractivity contribution in [1.82, 2.24) is 14.9 Å². The lowest BCUT2D eigenvalue weighted by Gasteiger charge is -2.16. The third-order valence-electron chi connectivity index (χ3n) is 4.24. The molecule has 27 heavy (non-hydrogen) atoms. The minimum Gasteiger partial charge on any atom is -0.468 e. The molecule has 1 N–H and O–H groups in total. The zero-order chi connectivity index (χ0) is 19.4. The summed E-state index contributed by atoms with van der Waals surface area (Å²) in [5.74, 6) is 0.0895. The molecule has 140 valence electrons. The molecule has 0 bridgehead atoms. The molecule has 0 spiro atoms. The summed E-state index contributed by atoms with van der Waals surface area (Å²) in [6, 6.07) is 14.3. The van der Waals surface area contributed by atoms with Crippen molar-refractivity contribution in [2.45, 2.75) is 25.9 Å². The van der Waals surface area contributed by atoms with Crippen LogP contribution in [0.3, 0.4) is 0 Å². The number of hydrogen-bond acceptors (Lipinski definition) is 4. The van der Waals surface area contributed by atoms with Crippen LogP contribution in [0.5, 0.6) is 0 Å². The maximum absolute atomic E-state index is 12.4. The average Bonchev–Trinajstić information content (AvgIpc) is 3.02. The predicted molar refractivity (Wildman–Crippen MR) is 103 cm³/mol. The maximum atomic E-state index is 12.4. The minimum atomic E-state index is -0.376. The van der Waals surface area contributed by atoms with Gasteiger partial charge in [-0.1, -0.05) is 35.9 Å². The van der Waals surface area contributed by atoms with Crippen molar-refractivity contribution in [2.75, 3.05) is 7.11 Å². The highest BCUT2D eigenvalue weighted by Gasteiger charge is 2.20. The number of benzene rings is 2. The fraction of sp³-hybridized carbons (Fsp3) is 0.250. The lowest BCUT2D eigenvalue weighted by molar-refractivity contribution is -0.141. The van der Waals surface area contributed by atoms with Gasteiger partial charge in [0.1, 0.15) is 12.4 Å². The van der Waals surface area contributed by atoms with Crippen LogP contribution >= 0.6 is 11.6 Å². The SMILES string of the molecule is COC(=O)Cn1c(C(C)NC(=O)Cc2ccc(Cl)cc2)nc2ccccc21. The summed E-state index contributed by atoms with van der Waals surface area (Å²) in [6.45, 7) is 1.87. The number of halogens is 1. The highest BCUT2D eigenvalue weighted by molar-refractivity contribution is 6.30. The average molecular weight is 386 g/mol. The Morgan fingerprint density at radius 1 is 1.19 bits per heavy atom. The quantitative estimate of drug-likeness (QED) is 0.661. The van der Waals surface area contributed by atoms with Crippen molar-refractivity contribution in [3.8, 4) is 0 Å². The molecule has 0 saturated heterocycles. The number of rotatable bonds is 6. The van der Waals surface area contributed by atoms with Crippen LogP contribution in [0.2, 0.25) is 5.02 Å². The van der Waals surface area contributed by atoms with E-state index in [-0.39, 0.29) is 30.9 Å². The van der Waals surface area contributed by atoms with Crippen LogP contribution in [-0.2, 0) is 27.3 Å². The third kappa shape index (κ3) is 4.46. The van der Waals surface area contributed by atoms with Crippen molar-refractivity contribution in [3.05, 3.63) is 64.9 Å². The molecule has 6 nitrogen and oxygen atoms in total. The summed E-state index contributed by atoms with van der Waals surface area (Å²) in [7, 11) is 1.35. The van der Waals surface area contributed by atoms with Gasteiger partial charge >= 0.3 is 5.97 Å². The number of carbonyl (C=O) groups excluding carboxylic acids is 2. The third-order valence-corrected chi connectivity index (χ3v) is 4.49. The summed E-state index contributed by atoms with van der Waals surface area (Å²) in [5.41, 5.74) is 2.44. The van der Waals surface area contributed by atoms with Crippen molar-refractivity contribution < 1.29 is 14.3 Å². The van der Waals surface area contributed by atoms with E-state index in [1.165, 1.54) is 7.11 Å². The second-order valence-corrected chi connectivity index (χ2v) is 6.65. The standard InChI is InChI=1S/C20H20ClN3O3/c1-13(22-18(25)11-14-7-9-15(21)10-8-14)20-23-16-5-3-4-6-17(16)24(20)12-19(26)27-2/h3-10,13H,11-12H2,1-2H3,(H,22,25). The van der Waals surface area contributed by atoms with Crippen molar-refractivity contribution >= 4 is 34.5 Å². The molecule has 0 saturated carbocycles. The molecule has 0 aliphatic carbocycles. The summed E-state index contributed by atoms with van der Waals surface area (Å²) >= 11 is 5.87. The molecule has 0 aliphatic heterocycles. The topological polar surface area (TPSA) is 73.2 Å². The Bertz CT molecular complexity index is 966. The first-order valence-electron chi connectivity index (χ1n) is 8.53. The fourth-order valence-electron chi connectivity index (χ4n) is 2.93. The van der Waals surface area contributed by atoms with E-state index in [4.69, 9.17) is 16.3 Å². The Hall–Kier alpha value is -2.86. The Morgan fingerprint density at radius 2 is 1.89 bits per heavy atom.